The molecule has 2 aromatic carbocycles. The maximum atomic E-state index is 12.3. The van der Waals surface area contributed by atoms with E-state index in [2.05, 4.69) is 37.2 Å². The minimum Gasteiger partial charge on any atom is -0.445 e. The van der Waals surface area contributed by atoms with Crippen molar-refractivity contribution in [2.24, 2.45) is 0 Å². The van der Waals surface area contributed by atoms with E-state index in [1.165, 1.54) is 0 Å². The summed E-state index contributed by atoms with van der Waals surface area (Å²) in [6.07, 6.45) is 1.47. The number of amides is 1. The van der Waals surface area contributed by atoms with Crippen molar-refractivity contribution in [3.63, 3.8) is 0 Å². The second-order valence-corrected chi connectivity index (χ2v) is 10.2. The number of benzene rings is 2. The molecular weight excluding hydrogens is 525 g/mol. The second-order valence-electron chi connectivity index (χ2n) is 8.39. The van der Waals surface area contributed by atoms with Crippen molar-refractivity contribution < 1.29 is 18.8 Å². The van der Waals surface area contributed by atoms with E-state index in [1.807, 2.05) is 82.3 Å². The number of alkyl carbamates (subject to hydrolysis) is 1. The van der Waals surface area contributed by atoms with Crippen LogP contribution in [0.2, 0.25) is 0 Å². The summed E-state index contributed by atoms with van der Waals surface area (Å²) < 4.78 is 19.7. The van der Waals surface area contributed by atoms with Gasteiger partial charge in [0, 0.05) is 15.5 Å². The Morgan fingerprint density at radius 2 is 1.71 bits per heavy atom. The fourth-order valence-corrected chi connectivity index (χ4v) is 3.71. The van der Waals surface area contributed by atoms with Gasteiger partial charge in [0.1, 0.15) is 6.61 Å². The average molecular weight is 551 g/mol. The zero-order chi connectivity index (χ0) is 22.6. The van der Waals surface area contributed by atoms with E-state index in [9.17, 15) is 4.79 Å². The highest BCUT2D eigenvalue weighted by atomic mass is 79.9. The lowest BCUT2D eigenvalue weighted by Crippen LogP contribution is -2.41. The third-order valence-electron chi connectivity index (χ3n) is 5.50. The van der Waals surface area contributed by atoms with Gasteiger partial charge in [0.15, 0.2) is 0 Å². The normalized spacial score (nSPS) is 17.5. The van der Waals surface area contributed by atoms with E-state index in [-0.39, 0.29) is 13.2 Å². The van der Waals surface area contributed by atoms with Gasteiger partial charge in [0.2, 0.25) is 0 Å². The maximum Gasteiger partial charge on any atom is 0.492 e. The van der Waals surface area contributed by atoms with Crippen LogP contribution < -0.4 is 5.32 Å². The van der Waals surface area contributed by atoms with Gasteiger partial charge < -0.3 is 19.4 Å². The second kappa shape index (κ2) is 9.90. The molecule has 2 aromatic rings. The van der Waals surface area contributed by atoms with E-state index in [4.69, 9.17) is 14.0 Å². The topological polar surface area (TPSA) is 56.8 Å². The maximum absolute atomic E-state index is 12.3. The SMILES string of the molecule is CC1(C)OB(C(=Cc2cc(Br)ccc2Br)CNC(=O)OCc2ccccc2)OC1(C)C. The van der Waals surface area contributed by atoms with Crippen LogP contribution in [0.25, 0.3) is 6.08 Å². The van der Waals surface area contributed by atoms with E-state index in [1.54, 1.807) is 0 Å². The van der Waals surface area contributed by atoms with Crippen molar-refractivity contribution in [1.82, 2.24) is 5.32 Å². The molecule has 31 heavy (non-hydrogen) atoms. The molecule has 0 bridgehead atoms. The van der Waals surface area contributed by atoms with Gasteiger partial charge in [0.25, 0.3) is 0 Å². The Bertz CT molecular complexity index is 947. The molecule has 1 aliphatic heterocycles. The molecule has 1 fully saturated rings. The van der Waals surface area contributed by atoms with E-state index >= 15 is 0 Å². The van der Waals surface area contributed by atoms with Gasteiger partial charge in [-0.1, -0.05) is 68.3 Å². The molecule has 3 rings (SSSR count). The van der Waals surface area contributed by atoms with Crippen LogP contribution in [-0.2, 0) is 20.7 Å². The smallest absolute Gasteiger partial charge is 0.445 e. The summed E-state index contributed by atoms with van der Waals surface area (Å²) in [6, 6.07) is 15.5. The first-order valence-electron chi connectivity index (χ1n) is 10.0. The molecule has 0 unspecified atom stereocenters. The molecule has 0 saturated carbocycles. The summed E-state index contributed by atoms with van der Waals surface area (Å²) in [6.45, 7) is 8.44. The van der Waals surface area contributed by atoms with E-state index in [0.717, 1.165) is 25.5 Å². The number of carbonyl (C=O) groups is 1. The lowest BCUT2D eigenvalue weighted by molar-refractivity contribution is 0.00578. The summed E-state index contributed by atoms with van der Waals surface area (Å²) in [5.41, 5.74) is 1.68. The Morgan fingerprint density at radius 1 is 1.06 bits per heavy atom. The van der Waals surface area contributed by atoms with Crippen LogP contribution in [0.3, 0.4) is 0 Å². The highest BCUT2D eigenvalue weighted by molar-refractivity contribution is 9.11. The third-order valence-corrected chi connectivity index (χ3v) is 6.72. The largest absolute Gasteiger partial charge is 0.492 e. The first kappa shape index (κ1) is 24.0. The molecule has 1 N–H and O–H groups in total. The number of nitrogens with one attached hydrogen (secondary N) is 1. The Labute approximate surface area is 200 Å². The Kier molecular flexibility index (Phi) is 7.68. The number of halogens is 2. The van der Waals surface area contributed by atoms with Crippen LogP contribution in [0, 0.1) is 0 Å². The van der Waals surface area contributed by atoms with Gasteiger partial charge in [-0.25, -0.2) is 4.79 Å². The molecule has 1 amide bonds. The fraction of sp³-hybridized carbons (Fsp3) is 0.348. The van der Waals surface area contributed by atoms with Crippen LogP contribution in [0.15, 0.2) is 62.9 Å². The summed E-state index contributed by atoms with van der Waals surface area (Å²) >= 11 is 7.09. The van der Waals surface area contributed by atoms with E-state index < -0.39 is 24.4 Å². The van der Waals surface area contributed by atoms with Gasteiger partial charge in [-0.15, -0.1) is 0 Å². The molecule has 1 heterocycles. The third kappa shape index (κ3) is 6.22. The molecule has 0 aromatic heterocycles. The van der Waals surface area contributed by atoms with Crippen molar-refractivity contribution in [2.45, 2.75) is 45.5 Å². The van der Waals surface area contributed by atoms with Crippen molar-refractivity contribution in [3.05, 3.63) is 74.1 Å². The Balaban J connectivity index is 1.75. The Hall–Kier alpha value is -1.61. The van der Waals surface area contributed by atoms with Gasteiger partial charge >= 0.3 is 13.2 Å². The minimum atomic E-state index is -0.592. The van der Waals surface area contributed by atoms with Crippen LogP contribution in [0.1, 0.15) is 38.8 Å². The zero-order valence-electron chi connectivity index (χ0n) is 18.1. The molecule has 0 spiro atoms. The lowest BCUT2D eigenvalue weighted by Gasteiger charge is -2.32. The molecule has 0 aliphatic carbocycles. The van der Waals surface area contributed by atoms with Gasteiger partial charge in [-0.05, 0) is 62.5 Å². The van der Waals surface area contributed by atoms with E-state index in [0.29, 0.717) is 0 Å². The number of hydrogen-bond donors (Lipinski definition) is 1. The van der Waals surface area contributed by atoms with Crippen LogP contribution >= 0.6 is 31.9 Å². The van der Waals surface area contributed by atoms with Gasteiger partial charge in [-0.3, -0.25) is 0 Å². The number of hydrogen-bond acceptors (Lipinski definition) is 4. The number of ether oxygens (including phenoxy) is 1. The molecule has 1 saturated heterocycles. The first-order chi connectivity index (χ1) is 14.6. The predicted octanol–water partition coefficient (Wildman–Crippen LogP) is 6.15. The minimum absolute atomic E-state index is 0.208. The van der Waals surface area contributed by atoms with Crippen molar-refractivity contribution in [3.8, 4) is 0 Å². The molecule has 8 heteroatoms. The first-order valence-corrected chi connectivity index (χ1v) is 11.6. The molecule has 5 nitrogen and oxygen atoms in total. The van der Waals surface area contributed by atoms with Gasteiger partial charge in [0.05, 0.1) is 11.2 Å². The van der Waals surface area contributed by atoms with Crippen molar-refractivity contribution in [2.75, 3.05) is 6.54 Å². The average Bonchev–Trinajstić information content (AvgIpc) is 2.94. The van der Waals surface area contributed by atoms with Crippen LogP contribution in [0.4, 0.5) is 4.79 Å². The van der Waals surface area contributed by atoms with Crippen LogP contribution in [0.5, 0.6) is 0 Å². The molecule has 1 aliphatic rings. The van der Waals surface area contributed by atoms with Crippen LogP contribution in [-0.4, -0.2) is 31.0 Å². The molecular formula is C23H26BBr2NO4. The highest BCUT2D eigenvalue weighted by Crippen LogP contribution is 2.39. The molecule has 164 valence electrons. The summed E-state index contributed by atoms with van der Waals surface area (Å²) in [7, 11) is -0.592. The lowest BCUT2D eigenvalue weighted by atomic mass is 9.77. The van der Waals surface area contributed by atoms with Crippen molar-refractivity contribution >= 4 is 51.1 Å². The number of carbonyl (C=O) groups excluding carboxylic acids is 1. The quantitative estimate of drug-likeness (QED) is 0.438. The standard InChI is InChI=1S/C23H26BBr2NO4/c1-22(2)23(3,4)31-24(30-22)18(12-17-13-19(25)10-11-20(17)26)14-27-21(28)29-15-16-8-6-5-7-9-16/h5-13H,14-15H2,1-4H3,(H,27,28). The fourth-order valence-electron chi connectivity index (χ4n) is 2.97. The summed E-state index contributed by atoms with van der Waals surface area (Å²) in [4.78, 5) is 12.3. The summed E-state index contributed by atoms with van der Waals surface area (Å²) in [5, 5.41) is 2.82. The zero-order valence-corrected chi connectivity index (χ0v) is 21.2. The molecule has 0 radical (unpaired) electrons. The Morgan fingerprint density at radius 3 is 2.35 bits per heavy atom. The number of rotatable bonds is 6. The molecule has 0 atom stereocenters. The monoisotopic (exact) mass is 549 g/mol. The summed E-state index contributed by atoms with van der Waals surface area (Å²) in [5.74, 6) is 0. The predicted molar refractivity (Wildman–Crippen MR) is 131 cm³/mol. The van der Waals surface area contributed by atoms with Gasteiger partial charge in [-0.2, -0.15) is 0 Å². The highest BCUT2D eigenvalue weighted by Gasteiger charge is 2.52. The van der Waals surface area contributed by atoms with Crippen molar-refractivity contribution in [1.29, 1.82) is 0 Å².